The third kappa shape index (κ3) is 5.29. The van der Waals surface area contributed by atoms with Gasteiger partial charge in [0.1, 0.15) is 11.4 Å². The van der Waals surface area contributed by atoms with Crippen LogP contribution in [0.1, 0.15) is 40.2 Å². The number of aromatic nitrogens is 1. The summed E-state index contributed by atoms with van der Waals surface area (Å²) >= 11 is 0. The molecule has 2 rings (SSSR count). The summed E-state index contributed by atoms with van der Waals surface area (Å²) in [4.78, 5) is 28.3. The molecule has 0 aliphatic carbocycles. The second kappa shape index (κ2) is 7.78. The fourth-order valence-electron chi connectivity index (χ4n) is 2.50. The smallest absolute Gasteiger partial charge is 0.413 e. The first-order valence-electron chi connectivity index (χ1n) is 8.69. The van der Waals surface area contributed by atoms with Crippen LogP contribution in [0.3, 0.4) is 0 Å². The van der Waals surface area contributed by atoms with E-state index in [0.29, 0.717) is 11.5 Å². The van der Waals surface area contributed by atoms with E-state index < -0.39 is 17.1 Å². The summed E-state index contributed by atoms with van der Waals surface area (Å²) in [6.07, 6.45) is -0.553. The molecule has 1 amide bonds. The second-order valence-corrected chi connectivity index (χ2v) is 7.73. The molecule has 1 heterocycles. The molecule has 6 heteroatoms. The average Bonchev–Trinajstić information content (AvgIpc) is 2.59. The molecular weight excluding hydrogens is 344 g/mol. The Morgan fingerprint density at radius 1 is 0.963 bits per heavy atom. The van der Waals surface area contributed by atoms with E-state index in [4.69, 9.17) is 9.47 Å². The molecule has 1 aromatic heterocycles. The molecule has 0 bridgehead atoms. The van der Waals surface area contributed by atoms with Crippen LogP contribution < -0.4 is 5.32 Å². The van der Waals surface area contributed by atoms with Gasteiger partial charge in [-0.05, 0) is 52.3 Å². The standard InChI is InChI=1S/C21H26N2O4/c1-20(2,3)27-19(25)23-17-9-7-8-16(22-17)14-10-12-15(13-11-14)21(4,5)18(24)26-6/h7-13H,1-6H3,(H,22,23,25). The number of hydrogen-bond acceptors (Lipinski definition) is 5. The quantitative estimate of drug-likeness (QED) is 0.799. The van der Waals surface area contributed by atoms with Gasteiger partial charge in [-0.15, -0.1) is 0 Å². The Morgan fingerprint density at radius 2 is 1.59 bits per heavy atom. The highest BCUT2D eigenvalue weighted by molar-refractivity contribution is 5.84. The van der Waals surface area contributed by atoms with E-state index in [1.54, 1.807) is 32.9 Å². The van der Waals surface area contributed by atoms with Crippen molar-refractivity contribution in [3.05, 3.63) is 48.0 Å². The predicted octanol–water partition coefficient (Wildman–Crippen LogP) is 4.55. The lowest BCUT2D eigenvalue weighted by molar-refractivity contribution is -0.146. The zero-order chi connectivity index (χ0) is 20.2. The number of benzene rings is 1. The van der Waals surface area contributed by atoms with Gasteiger partial charge in [0.2, 0.25) is 0 Å². The minimum Gasteiger partial charge on any atom is -0.468 e. The van der Waals surface area contributed by atoms with Crippen LogP contribution in [0.2, 0.25) is 0 Å². The largest absolute Gasteiger partial charge is 0.468 e. The third-order valence-corrected chi connectivity index (χ3v) is 3.98. The molecule has 1 N–H and O–H groups in total. The fraction of sp³-hybridized carbons (Fsp3) is 0.381. The monoisotopic (exact) mass is 370 g/mol. The summed E-state index contributed by atoms with van der Waals surface area (Å²) in [6, 6.07) is 12.9. The minimum absolute atomic E-state index is 0.295. The number of rotatable bonds is 4. The Balaban J connectivity index is 2.20. The van der Waals surface area contributed by atoms with Crippen LogP contribution in [0.5, 0.6) is 0 Å². The molecule has 0 fully saturated rings. The maximum atomic E-state index is 11.9. The molecule has 0 spiro atoms. The highest BCUT2D eigenvalue weighted by Crippen LogP contribution is 2.27. The number of nitrogens with one attached hydrogen (secondary N) is 1. The van der Waals surface area contributed by atoms with Crippen molar-refractivity contribution in [2.45, 2.75) is 45.6 Å². The Morgan fingerprint density at radius 3 is 2.15 bits per heavy atom. The summed E-state index contributed by atoms with van der Waals surface area (Å²) in [7, 11) is 1.38. The van der Waals surface area contributed by atoms with Crippen molar-refractivity contribution in [2.24, 2.45) is 0 Å². The van der Waals surface area contributed by atoms with Crippen molar-refractivity contribution in [3.8, 4) is 11.3 Å². The summed E-state index contributed by atoms with van der Waals surface area (Å²) in [5.74, 6) is 0.109. The maximum Gasteiger partial charge on any atom is 0.413 e. The number of hydrogen-bond donors (Lipinski definition) is 1. The van der Waals surface area contributed by atoms with Crippen molar-refractivity contribution in [2.75, 3.05) is 12.4 Å². The zero-order valence-corrected chi connectivity index (χ0v) is 16.6. The van der Waals surface area contributed by atoms with Crippen LogP contribution in [-0.2, 0) is 19.7 Å². The number of carbonyl (C=O) groups excluding carboxylic acids is 2. The first-order valence-corrected chi connectivity index (χ1v) is 8.69. The molecule has 144 valence electrons. The SMILES string of the molecule is COC(=O)C(C)(C)c1ccc(-c2cccc(NC(=O)OC(C)(C)C)n2)cc1. The van der Waals surface area contributed by atoms with E-state index in [1.807, 2.05) is 44.2 Å². The first kappa shape index (κ1) is 20.4. The number of methoxy groups -OCH3 is 1. The summed E-state index contributed by atoms with van der Waals surface area (Å²) in [5, 5.41) is 2.63. The number of anilines is 1. The molecular formula is C21H26N2O4. The Bertz CT molecular complexity index is 821. The summed E-state index contributed by atoms with van der Waals surface area (Å²) < 4.78 is 10.1. The van der Waals surface area contributed by atoms with Gasteiger partial charge in [-0.3, -0.25) is 10.1 Å². The van der Waals surface area contributed by atoms with Crippen LogP contribution in [-0.4, -0.2) is 29.8 Å². The number of carbonyl (C=O) groups is 2. The molecule has 0 radical (unpaired) electrons. The van der Waals surface area contributed by atoms with Crippen LogP contribution >= 0.6 is 0 Å². The van der Waals surface area contributed by atoms with E-state index in [2.05, 4.69) is 10.3 Å². The number of nitrogens with zero attached hydrogens (tertiary/aromatic N) is 1. The normalized spacial score (nSPS) is 11.6. The van der Waals surface area contributed by atoms with Gasteiger partial charge in [-0.2, -0.15) is 0 Å². The van der Waals surface area contributed by atoms with Crippen molar-refractivity contribution in [3.63, 3.8) is 0 Å². The maximum absolute atomic E-state index is 11.9. The van der Waals surface area contributed by atoms with Gasteiger partial charge in [-0.25, -0.2) is 9.78 Å². The fourth-order valence-corrected chi connectivity index (χ4v) is 2.50. The lowest BCUT2D eigenvalue weighted by atomic mass is 9.84. The molecule has 6 nitrogen and oxygen atoms in total. The summed E-state index contributed by atoms with van der Waals surface area (Å²) in [6.45, 7) is 9.03. The van der Waals surface area contributed by atoms with Crippen LogP contribution in [0.15, 0.2) is 42.5 Å². The van der Waals surface area contributed by atoms with E-state index in [-0.39, 0.29) is 5.97 Å². The molecule has 0 unspecified atom stereocenters. The molecule has 27 heavy (non-hydrogen) atoms. The first-order chi connectivity index (χ1) is 12.5. The van der Waals surface area contributed by atoms with Crippen molar-refractivity contribution >= 4 is 17.9 Å². The lowest BCUT2D eigenvalue weighted by Crippen LogP contribution is -2.30. The van der Waals surface area contributed by atoms with Gasteiger partial charge >= 0.3 is 12.1 Å². The van der Waals surface area contributed by atoms with E-state index in [1.165, 1.54) is 7.11 Å². The van der Waals surface area contributed by atoms with Crippen LogP contribution in [0.4, 0.5) is 10.6 Å². The average molecular weight is 370 g/mol. The minimum atomic E-state index is -0.735. The van der Waals surface area contributed by atoms with Gasteiger partial charge in [-0.1, -0.05) is 30.3 Å². The number of ether oxygens (including phenoxy) is 2. The lowest BCUT2D eigenvalue weighted by Gasteiger charge is -2.22. The van der Waals surface area contributed by atoms with Crippen molar-refractivity contribution in [1.29, 1.82) is 0 Å². The Labute approximate surface area is 159 Å². The van der Waals surface area contributed by atoms with Crippen LogP contribution in [0, 0.1) is 0 Å². The Hall–Kier alpha value is -2.89. The van der Waals surface area contributed by atoms with Gasteiger partial charge in [0, 0.05) is 5.56 Å². The zero-order valence-electron chi connectivity index (χ0n) is 16.6. The van der Waals surface area contributed by atoms with E-state index in [0.717, 1.165) is 11.1 Å². The highest BCUT2D eigenvalue weighted by atomic mass is 16.6. The van der Waals surface area contributed by atoms with Gasteiger partial charge in [0.05, 0.1) is 18.2 Å². The molecule has 0 aliphatic heterocycles. The van der Waals surface area contributed by atoms with Crippen molar-refractivity contribution in [1.82, 2.24) is 4.98 Å². The molecule has 0 saturated carbocycles. The predicted molar refractivity (Wildman–Crippen MR) is 105 cm³/mol. The van der Waals surface area contributed by atoms with Crippen molar-refractivity contribution < 1.29 is 19.1 Å². The highest BCUT2D eigenvalue weighted by Gasteiger charge is 2.30. The third-order valence-electron chi connectivity index (χ3n) is 3.98. The molecule has 1 aromatic carbocycles. The number of esters is 1. The molecule has 0 atom stereocenters. The molecule has 0 saturated heterocycles. The van der Waals surface area contributed by atoms with Crippen LogP contribution in [0.25, 0.3) is 11.3 Å². The Kier molecular flexibility index (Phi) is 5.88. The van der Waals surface area contributed by atoms with Gasteiger partial charge < -0.3 is 9.47 Å². The summed E-state index contributed by atoms with van der Waals surface area (Å²) in [5.41, 5.74) is 1.10. The molecule has 2 aromatic rings. The number of pyridine rings is 1. The second-order valence-electron chi connectivity index (χ2n) is 7.73. The topological polar surface area (TPSA) is 77.5 Å². The van der Waals surface area contributed by atoms with Gasteiger partial charge in [0.15, 0.2) is 0 Å². The van der Waals surface area contributed by atoms with E-state index in [9.17, 15) is 9.59 Å². The number of amides is 1. The van der Waals surface area contributed by atoms with Gasteiger partial charge in [0.25, 0.3) is 0 Å². The molecule has 0 aliphatic rings. The van der Waals surface area contributed by atoms with E-state index >= 15 is 0 Å².